The van der Waals surface area contributed by atoms with Crippen LogP contribution in [0.4, 0.5) is 0 Å². The molecule has 2 atom stereocenters. The van der Waals surface area contributed by atoms with Crippen molar-refractivity contribution in [1.82, 2.24) is 4.90 Å². The van der Waals surface area contributed by atoms with Gasteiger partial charge in [0.05, 0.1) is 19.3 Å². The van der Waals surface area contributed by atoms with Crippen LogP contribution in [0.5, 0.6) is 0 Å². The topological polar surface area (TPSA) is 92.9 Å². The molecular weight excluding hydrogens is 224 g/mol. The van der Waals surface area contributed by atoms with Crippen molar-refractivity contribution < 1.29 is 19.4 Å². The minimum Gasteiger partial charge on any atom is -0.480 e. The third-order valence-electron chi connectivity index (χ3n) is 2.88. The van der Waals surface area contributed by atoms with Crippen LogP contribution in [-0.2, 0) is 14.3 Å². The molecule has 1 rings (SSSR count). The standard InChI is InChI=1S/C11H20N2O4/c1-2-3-4-8(12)10(14)13-5-6-17-7-9(13)11(15)16/h8-9H,2-7,12H2,1H3,(H,15,16)/t8-,9?/m0/s1. The number of nitrogens with two attached hydrogens (primary N) is 1. The number of amides is 1. The van der Waals surface area contributed by atoms with Gasteiger partial charge in [-0.2, -0.15) is 0 Å². The summed E-state index contributed by atoms with van der Waals surface area (Å²) in [5.41, 5.74) is 5.77. The summed E-state index contributed by atoms with van der Waals surface area (Å²) in [5, 5.41) is 9.00. The number of aliphatic carboxylic acids is 1. The summed E-state index contributed by atoms with van der Waals surface area (Å²) in [6, 6.07) is -1.50. The quantitative estimate of drug-likeness (QED) is 0.699. The summed E-state index contributed by atoms with van der Waals surface area (Å²) in [6.45, 7) is 2.74. The molecule has 0 aromatic heterocycles. The second-order valence-electron chi connectivity index (χ2n) is 4.21. The molecule has 3 N–H and O–H groups in total. The number of hydrogen-bond donors (Lipinski definition) is 2. The zero-order chi connectivity index (χ0) is 12.8. The molecule has 0 aliphatic carbocycles. The number of carbonyl (C=O) groups excluding carboxylic acids is 1. The summed E-state index contributed by atoms with van der Waals surface area (Å²) in [7, 11) is 0. The zero-order valence-corrected chi connectivity index (χ0v) is 10.1. The van der Waals surface area contributed by atoms with E-state index >= 15 is 0 Å². The number of morpholine rings is 1. The van der Waals surface area contributed by atoms with Crippen LogP contribution in [0.2, 0.25) is 0 Å². The monoisotopic (exact) mass is 244 g/mol. The van der Waals surface area contributed by atoms with Gasteiger partial charge in [-0.25, -0.2) is 4.79 Å². The second-order valence-corrected chi connectivity index (χ2v) is 4.21. The molecule has 98 valence electrons. The highest BCUT2D eigenvalue weighted by Gasteiger charge is 2.34. The summed E-state index contributed by atoms with van der Waals surface area (Å²) < 4.78 is 5.07. The molecule has 0 spiro atoms. The minimum absolute atomic E-state index is 0.0432. The Kier molecular flexibility index (Phi) is 5.37. The Bertz CT molecular complexity index is 283. The largest absolute Gasteiger partial charge is 0.480 e. The molecule has 17 heavy (non-hydrogen) atoms. The Morgan fingerprint density at radius 2 is 2.29 bits per heavy atom. The van der Waals surface area contributed by atoms with Crippen LogP contribution in [0.25, 0.3) is 0 Å². The number of nitrogens with zero attached hydrogens (tertiary/aromatic N) is 1. The van der Waals surface area contributed by atoms with Gasteiger partial charge < -0.3 is 20.5 Å². The van der Waals surface area contributed by atoms with E-state index in [2.05, 4.69) is 0 Å². The smallest absolute Gasteiger partial charge is 0.328 e. The van der Waals surface area contributed by atoms with Gasteiger partial charge in [-0.15, -0.1) is 0 Å². The first-order valence-electron chi connectivity index (χ1n) is 5.94. The molecule has 0 aromatic carbocycles. The Morgan fingerprint density at radius 1 is 1.59 bits per heavy atom. The number of hydrogen-bond acceptors (Lipinski definition) is 4. The van der Waals surface area contributed by atoms with E-state index in [4.69, 9.17) is 15.6 Å². The lowest BCUT2D eigenvalue weighted by Crippen LogP contribution is -2.56. The SMILES string of the molecule is CCCC[C@H](N)C(=O)N1CCOCC1C(=O)O. The van der Waals surface area contributed by atoms with Crippen LogP contribution in [0.15, 0.2) is 0 Å². The lowest BCUT2D eigenvalue weighted by Gasteiger charge is -2.34. The normalized spacial score (nSPS) is 22.2. The average Bonchev–Trinajstić information content (AvgIpc) is 2.34. The van der Waals surface area contributed by atoms with Crippen molar-refractivity contribution in [1.29, 1.82) is 0 Å². The summed E-state index contributed by atoms with van der Waals surface area (Å²) >= 11 is 0. The van der Waals surface area contributed by atoms with E-state index in [9.17, 15) is 9.59 Å². The third kappa shape index (κ3) is 3.67. The van der Waals surface area contributed by atoms with E-state index in [1.54, 1.807) is 0 Å². The Balaban J connectivity index is 2.61. The fourth-order valence-electron chi connectivity index (χ4n) is 1.83. The van der Waals surface area contributed by atoms with Gasteiger partial charge in [0.1, 0.15) is 0 Å². The van der Waals surface area contributed by atoms with Crippen LogP contribution < -0.4 is 5.73 Å². The van der Waals surface area contributed by atoms with Gasteiger partial charge in [0, 0.05) is 6.54 Å². The highest BCUT2D eigenvalue weighted by Crippen LogP contribution is 2.11. The highest BCUT2D eigenvalue weighted by atomic mass is 16.5. The third-order valence-corrected chi connectivity index (χ3v) is 2.88. The maximum absolute atomic E-state index is 12.0. The van der Waals surface area contributed by atoms with Crippen LogP contribution in [0, 0.1) is 0 Å². The number of carboxylic acids is 1. The predicted octanol–water partition coefficient (Wildman–Crippen LogP) is -0.184. The second kappa shape index (κ2) is 6.56. The molecular formula is C11H20N2O4. The Labute approximate surface area is 101 Å². The first-order chi connectivity index (χ1) is 8.07. The van der Waals surface area contributed by atoms with E-state index in [1.165, 1.54) is 4.90 Å². The summed E-state index contributed by atoms with van der Waals surface area (Å²) in [5.74, 6) is -1.32. The molecule has 6 heteroatoms. The van der Waals surface area contributed by atoms with Crippen LogP contribution in [0.1, 0.15) is 26.2 Å². The molecule has 1 aliphatic rings. The zero-order valence-electron chi connectivity index (χ0n) is 10.1. The summed E-state index contributed by atoms with van der Waals surface area (Å²) in [4.78, 5) is 24.3. The van der Waals surface area contributed by atoms with E-state index in [1.807, 2.05) is 6.92 Å². The molecule has 1 heterocycles. The van der Waals surface area contributed by atoms with Gasteiger partial charge in [-0.1, -0.05) is 19.8 Å². The van der Waals surface area contributed by atoms with Crippen LogP contribution >= 0.6 is 0 Å². The molecule has 1 amide bonds. The molecule has 1 unspecified atom stereocenters. The van der Waals surface area contributed by atoms with Crippen molar-refractivity contribution in [3.05, 3.63) is 0 Å². The van der Waals surface area contributed by atoms with Crippen molar-refractivity contribution >= 4 is 11.9 Å². The lowest BCUT2D eigenvalue weighted by atomic mass is 10.1. The molecule has 0 radical (unpaired) electrons. The van der Waals surface area contributed by atoms with Gasteiger partial charge in [0.25, 0.3) is 0 Å². The predicted molar refractivity (Wildman–Crippen MR) is 61.5 cm³/mol. The van der Waals surface area contributed by atoms with Crippen LogP contribution in [-0.4, -0.2) is 53.7 Å². The number of rotatable bonds is 5. The fourth-order valence-corrected chi connectivity index (χ4v) is 1.83. The van der Waals surface area contributed by atoms with Crippen molar-refractivity contribution in [2.75, 3.05) is 19.8 Å². The molecule has 1 saturated heterocycles. The molecule has 0 bridgehead atoms. The van der Waals surface area contributed by atoms with E-state index < -0.39 is 18.1 Å². The van der Waals surface area contributed by atoms with E-state index in [-0.39, 0.29) is 12.5 Å². The van der Waals surface area contributed by atoms with Crippen LogP contribution in [0.3, 0.4) is 0 Å². The molecule has 0 aromatic rings. The number of carboxylic acid groups (broad SMARTS) is 1. The van der Waals surface area contributed by atoms with Crippen molar-refractivity contribution in [3.8, 4) is 0 Å². The highest BCUT2D eigenvalue weighted by molar-refractivity contribution is 5.87. The van der Waals surface area contributed by atoms with E-state index in [0.717, 1.165) is 12.8 Å². The molecule has 0 saturated carbocycles. The van der Waals surface area contributed by atoms with Gasteiger partial charge in [0.2, 0.25) is 5.91 Å². The average molecular weight is 244 g/mol. The summed E-state index contributed by atoms with van der Waals surface area (Å²) in [6.07, 6.45) is 2.43. The molecule has 6 nitrogen and oxygen atoms in total. The number of ether oxygens (including phenoxy) is 1. The van der Waals surface area contributed by atoms with Crippen molar-refractivity contribution in [3.63, 3.8) is 0 Å². The fraction of sp³-hybridized carbons (Fsp3) is 0.818. The van der Waals surface area contributed by atoms with Crippen molar-refractivity contribution in [2.45, 2.75) is 38.3 Å². The maximum Gasteiger partial charge on any atom is 0.328 e. The van der Waals surface area contributed by atoms with Crippen molar-refractivity contribution in [2.24, 2.45) is 5.73 Å². The minimum atomic E-state index is -1.04. The van der Waals surface area contributed by atoms with E-state index in [0.29, 0.717) is 19.6 Å². The van der Waals surface area contributed by atoms with Gasteiger partial charge >= 0.3 is 5.97 Å². The maximum atomic E-state index is 12.0. The Hall–Kier alpha value is -1.14. The van der Waals surface area contributed by atoms with Gasteiger partial charge in [0.15, 0.2) is 6.04 Å². The van der Waals surface area contributed by atoms with Gasteiger partial charge in [-0.05, 0) is 6.42 Å². The Morgan fingerprint density at radius 3 is 2.88 bits per heavy atom. The first kappa shape index (κ1) is 13.9. The molecule has 1 fully saturated rings. The molecule has 1 aliphatic heterocycles. The van der Waals surface area contributed by atoms with Gasteiger partial charge in [-0.3, -0.25) is 4.79 Å². The number of unbranched alkanes of at least 4 members (excludes halogenated alkanes) is 1. The first-order valence-corrected chi connectivity index (χ1v) is 5.94. The number of carbonyl (C=O) groups is 2. The lowest BCUT2D eigenvalue weighted by molar-refractivity contribution is -0.158.